The summed E-state index contributed by atoms with van der Waals surface area (Å²) in [6.45, 7) is 5.40. The Morgan fingerprint density at radius 3 is 1.72 bits per heavy atom. The Balaban J connectivity index is 1.54. The summed E-state index contributed by atoms with van der Waals surface area (Å²) in [6, 6.07) is 7.18. The first-order chi connectivity index (χ1) is 39.9. The molecule has 0 radical (unpaired) electrons. The average molecular weight is 1150 g/mol. The number of para-hydroxylation sites is 2. The number of nitrogens with one attached hydrogen (secondary N) is 9. The van der Waals surface area contributed by atoms with Gasteiger partial charge >= 0.3 is 0 Å². The van der Waals surface area contributed by atoms with Gasteiger partial charge in [-0.2, -0.15) is 0 Å². The molecule has 23 nitrogen and oxygen atoms in total. The lowest BCUT2D eigenvalue weighted by atomic mass is 9.92. The summed E-state index contributed by atoms with van der Waals surface area (Å²) in [4.78, 5) is 136. The van der Waals surface area contributed by atoms with Gasteiger partial charge in [-0.15, -0.1) is 0 Å². The van der Waals surface area contributed by atoms with E-state index in [2.05, 4.69) is 54.1 Å². The second-order valence-electron chi connectivity index (χ2n) is 22.4. The SMILES string of the molecule is CCCCCCC[C@@H](O)CC(=O)N[C@H](CCN)C(=O)C[C@H]1CCNC(=O)[C@H](Cc2c[nH]c3ccccc23)NC(=O)[C@H](CCN)CC(=O)[C@H](CCN)NC(=O)[C@H](CC(C)C)NC(=O)[C@@H](Cc2c[nH]c3ccccc23)NC(=O)[C@H](CCN)NC1=O. The number of hydrogen-bond acceptors (Lipinski definition) is 14. The van der Waals surface area contributed by atoms with E-state index in [-0.39, 0.29) is 96.4 Å². The minimum absolute atomic E-state index is 0.000169. The Labute approximate surface area is 486 Å². The highest BCUT2D eigenvalue weighted by Crippen LogP contribution is 2.23. The maximum absolute atomic E-state index is 14.8. The molecule has 7 amide bonds. The second-order valence-corrected chi connectivity index (χ2v) is 22.4. The van der Waals surface area contributed by atoms with E-state index in [1.54, 1.807) is 12.4 Å². The predicted octanol–water partition coefficient (Wildman–Crippen LogP) is 1.57. The molecule has 1 aliphatic rings. The maximum Gasteiger partial charge on any atom is 0.243 e. The molecule has 456 valence electrons. The molecule has 2 aromatic carbocycles. The van der Waals surface area contributed by atoms with Gasteiger partial charge < -0.3 is 75.2 Å². The van der Waals surface area contributed by atoms with Gasteiger partial charge in [0, 0.05) is 78.3 Å². The number of H-pyrrole nitrogens is 2. The highest BCUT2D eigenvalue weighted by molar-refractivity contribution is 5.99. The van der Waals surface area contributed by atoms with Gasteiger partial charge in [0.05, 0.1) is 24.6 Å². The number of carbonyl (C=O) groups is 9. The van der Waals surface area contributed by atoms with E-state index in [0.717, 1.165) is 53.9 Å². The Morgan fingerprint density at radius 2 is 1.12 bits per heavy atom. The molecule has 4 aromatic rings. The lowest BCUT2D eigenvalue weighted by Gasteiger charge is -2.28. The first-order valence-electron chi connectivity index (χ1n) is 29.6. The van der Waals surface area contributed by atoms with Gasteiger partial charge in [0.15, 0.2) is 11.6 Å². The number of carbonyl (C=O) groups excluding carboxylic acids is 9. The van der Waals surface area contributed by atoms with Crippen LogP contribution in [0.2, 0.25) is 0 Å². The van der Waals surface area contributed by atoms with Gasteiger partial charge in [-0.25, -0.2) is 0 Å². The van der Waals surface area contributed by atoms with Crippen LogP contribution < -0.4 is 60.2 Å². The molecule has 18 N–H and O–H groups in total. The Hall–Kier alpha value is -7.05. The molecule has 2 aromatic heterocycles. The van der Waals surface area contributed by atoms with E-state index >= 15 is 0 Å². The third-order valence-electron chi connectivity index (χ3n) is 15.2. The van der Waals surface area contributed by atoms with Crippen molar-refractivity contribution in [3.63, 3.8) is 0 Å². The van der Waals surface area contributed by atoms with E-state index in [0.29, 0.717) is 17.5 Å². The summed E-state index contributed by atoms with van der Waals surface area (Å²) in [5, 5.41) is 31.8. The number of nitrogens with two attached hydrogens (primary N) is 4. The summed E-state index contributed by atoms with van der Waals surface area (Å²) in [7, 11) is 0. The minimum atomic E-state index is -1.38. The highest BCUT2D eigenvalue weighted by atomic mass is 16.3. The molecule has 23 heteroatoms. The number of aliphatic hydroxyl groups is 1. The van der Waals surface area contributed by atoms with Crippen molar-refractivity contribution in [2.75, 3.05) is 32.7 Å². The van der Waals surface area contributed by atoms with Crippen molar-refractivity contribution in [1.82, 2.24) is 47.2 Å². The van der Waals surface area contributed by atoms with Crippen molar-refractivity contribution in [2.45, 2.75) is 172 Å². The van der Waals surface area contributed by atoms with Crippen LogP contribution >= 0.6 is 0 Å². The number of ketones is 2. The summed E-state index contributed by atoms with van der Waals surface area (Å²) in [5.74, 6) is -8.55. The number of Topliss-reactive ketones (excluding diaryl/α,β-unsaturated/α-hetero) is 2. The van der Waals surface area contributed by atoms with Gasteiger partial charge in [-0.3, -0.25) is 43.2 Å². The molecular weight excluding hydrogens is 1060 g/mol. The van der Waals surface area contributed by atoms with Crippen LogP contribution in [0.4, 0.5) is 0 Å². The molecule has 0 spiro atoms. The summed E-state index contributed by atoms with van der Waals surface area (Å²) in [5.41, 5.74) is 26.9. The van der Waals surface area contributed by atoms with Crippen LogP contribution in [0, 0.1) is 17.8 Å². The number of rotatable bonds is 26. The van der Waals surface area contributed by atoms with Crippen LogP contribution in [0.25, 0.3) is 21.8 Å². The second kappa shape index (κ2) is 34.5. The van der Waals surface area contributed by atoms with Crippen molar-refractivity contribution in [3.8, 4) is 0 Å². The normalized spacial score (nSPS) is 22.0. The lowest BCUT2D eigenvalue weighted by Crippen LogP contribution is -2.59. The van der Waals surface area contributed by atoms with Gasteiger partial charge in [0.1, 0.15) is 24.2 Å². The fraction of sp³-hybridized carbons (Fsp3) is 0.583. The smallest absolute Gasteiger partial charge is 0.243 e. The zero-order valence-corrected chi connectivity index (χ0v) is 48.5. The Kier molecular flexibility index (Phi) is 27.8. The van der Waals surface area contributed by atoms with Crippen LogP contribution in [-0.4, -0.2) is 143 Å². The van der Waals surface area contributed by atoms with Crippen LogP contribution in [-0.2, 0) is 56.0 Å². The molecule has 5 rings (SSSR count). The fourth-order valence-corrected chi connectivity index (χ4v) is 10.6. The summed E-state index contributed by atoms with van der Waals surface area (Å²) in [6.07, 6.45) is 6.22. The summed E-state index contributed by atoms with van der Waals surface area (Å²) < 4.78 is 0. The van der Waals surface area contributed by atoms with Crippen LogP contribution in [0.1, 0.15) is 128 Å². The third-order valence-corrected chi connectivity index (χ3v) is 15.2. The topological polar surface area (TPSA) is 394 Å². The van der Waals surface area contributed by atoms with Crippen LogP contribution in [0.15, 0.2) is 60.9 Å². The van der Waals surface area contributed by atoms with Gasteiger partial charge in [-0.05, 0) is 100 Å². The monoisotopic (exact) mass is 1150 g/mol. The molecule has 1 saturated heterocycles. The molecule has 9 atom stereocenters. The van der Waals surface area contributed by atoms with E-state index in [1.807, 2.05) is 62.4 Å². The summed E-state index contributed by atoms with van der Waals surface area (Å²) >= 11 is 0. The number of hydrogen-bond donors (Lipinski definition) is 14. The van der Waals surface area contributed by atoms with Gasteiger partial charge in [0.2, 0.25) is 41.4 Å². The molecule has 0 saturated carbocycles. The van der Waals surface area contributed by atoms with Crippen molar-refractivity contribution < 1.29 is 48.3 Å². The molecular formula is C60H91N13O10. The molecule has 1 fully saturated rings. The molecule has 83 heavy (non-hydrogen) atoms. The van der Waals surface area contributed by atoms with Crippen molar-refractivity contribution in [2.24, 2.45) is 40.7 Å². The molecule has 0 bridgehead atoms. The van der Waals surface area contributed by atoms with E-state index in [4.69, 9.17) is 22.9 Å². The zero-order valence-electron chi connectivity index (χ0n) is 48.5. The quantitative estimate of drug-likeness (QED) is 0.0397. The van der Waals surface area contributed by atoms with Crippen LogP contribution in [0.3, 0.4) is 0 Å². The number of aliphatic hydroxyl groups excluding tert-OH is 1. The van der Waals surface area contributed by atoms with Crippen molar-refractivity contribution >= 4 is 74.7 Å². The minimum Gasteiger partial charge on any atom is -0.393 e. The number of fused-ring (bicyclic) bond motifs is 2. The first kappa shape index (κ1) is 66.7. The number of aromatic nitrogens is 2. The standard InChI is InChI=1S/C60H91N13O10/c1-4-5-6-7-8-13-41(74)33-54(77)68-46(19-24-62)52(75)32-38-22-27-65-57(80)50(29-39-34-66-44-16-11-9-14-42(39)44)71-55(78)37(18-23-61)31-53(76)47(20-25-63)69-59(82)49(28-36(2)3)72-60(83)51(73-58(81)48(21-26-64)70-56(38)79)30-40-35-67-45-17-12-10-15-43(40)45/h9-12,14-17,34-38,41,46-51,66-67,74H,4-8,13,18-33,61-64H2,1-3H3,(H,65,80)(H,68,77)(H,69,82)(H,70,79)(H,71,78)(H,72,83)(H,73,81)/t37-,38-,41-,46-,47+,48+,49+,50+,51-/m1/s1. The van der Waals surface area contributed by atoms with Crippen molar-refractivity contribution in [3.05, 3.63) is 72.1 Å². The van der Waals surface area contributed by atoms with E-state index < -0.39 is 120 Å². The zero-order chi connectivity index (χ0) is 60.4. The van der Waals surface area contributed by atoms with Crippen LogP contribution in [0.5, 0.6) is 0 Å². The lowest BCUT2D eigenvalue weighted by molar-refractivity contribution is -0.136. The van der Waals surface area contributed by atoms with Crippen molar-refractivity contribution in [1.29, 1.82) is 0 Å². The number of benzene rings is 2. The molecule has 0 unspecified atom stereocenters. The van der Waals surface area contributed by atoms with E-state index in [1.165, 1.54) is 0 Å². The largest absolute Gasteiger partial charge is 0.393 e. The number of aromatic amines is 2. The predicted molar refractivity (Wildman–Crippen MR) is 318 cm³/mol. The third kappa shape index (κ3) is 21.0. The number of unbranched alkanes of at least 4 members (excludes halogenated alkanes) is 4. The Morgan fingerprint density at radius 1 is 0.602 bits per heavy atom. The van der Waals surface area contributed by atoms with Gasteiger partial charge in [-0.1, -0.05) is 89.3 Å². The van der Waals surface area contributed by atoms with Gasteiger partial charge in [0.25, 0.3) is 0 Å². The number of amides is 7. The molecule has 0 aliphatic carbocycles. The molecule has 3 heterocycles. The fourth-order valence-electron chi connectivity index (χ4n) is 10.6. The Bertz CT molecular complexity index is 2780. The average Bonchev–Trinajstić information content (AvgIpc) is 4.24. The first-order valence-corrected chi connectivity index (χ1v) is 29.6. The maximum atomic E-state index is 14.8. The highest BCUT2D eigenvalue weighted by Gasteiger charge is 2.36. The van der Waals surface area contributed by atoms with E-state index in [9.17, 15) is 48.3 Å². The molecule has 1 aliphatic heterocycles.